The summed E-state index contributed by atoms with van der Waals surface area (Å²) in [5, 5.41) is 0. The third kappa shape index (κ3) is 2.88. The number of hydrogen-bond acceptors (Lipinski definition) is 3. The van der Waals surface area contributed by atoms with Gasteiger partial charge in [-0.25, -0.2) is 8.42 Å². The lowest BCUT2D eigenvalue weighted by Gasteiger charge is -2.15. The summed E-state index contributed by atoms with van der Waals surface area (Å²) in [5.41, 5.74) is 0.662. The van der Waals surface area contributed by atoms with E-state index in [1.165, 1.54) is 18.3 Å². The standard InChI is InChI=1S/C16H12F3NO2S/c1-23(21,22)15-5-3-2-4-12(15)13-7-11(16(17,18)19)6-10-8-20-9-14(10)13/h2-7,9H,8H2,1H3. The highest BCUT2D eigenvalue weighted by Gasteiger charge is 2.33. The number of aliphatic imine (C=N–C) groups is 1. The fourth-order valence-electron chi connectivity index (χ4n) is 2.63. The first-order chi connectivity index (χ1) is 10.7. The quantitative estimate of drug-likeness (QED) is 0.837. The molecule has 3 rings (SSSR count). The average molecular weight is 339 g/mol. The van der Waals surface area contributed by atoms with Crippen LogP contribution in [0.3, 0.4) is 0 Å². The zero-order valence-electron chi connectivity index (χ0n) is 12.1. The second-order valence-electron chi connectivity index (χ2n) is 5.33. The molecule has 23 heavy (non-hydrogen) atoms. The maximum Gasteiger partial charge on any atom is 0.416 e. The Morgan fingerprint density at radius 2 is 1.78 bits per heavy atom. The Bertz CT molecular complexity index is 915. The molecule has 0 aliphatic carbocycles. The molecule has 0 fully saturated rings. The van der Waals surface area contributed by atoms with Crippen LogP contribution in [-0.4, -0.2) is 20.9 Å². The van der Waals surface area contributed by atoms with Gasteiger partial charge in [-0.1, -0.05) is 18.2 Å². The number of alkyl halides is 3. The molecule has 1 aliphatic heterocycles. The van der Waals surface area contributed by atoms with E-state index in [2.05, 4.69) is 4.99 Å². The number of fused-ring (bicyclic) bond motifs is 1. The first kappa shape index (κ1) is 15.7. The molecule has 0 unspecified atom stereocenters. The number of halogens is 3. The van der Waals surface area contributed by atoms with E-state index in [-0.39, 0.29) is 22.6 Å². The molecule has 7 heteroatoms. The summed E-state index contributed by atoms with van der Waals surface area (Å²) >= 11 is 0. The summed E-state index contributed by atoms with van der Waals surface area (Å²) in [6.45, 7) is 0.160. The summed E-state index contributed by atoms with van der Waals surface area (Å²) in [4.78, 5) is 4.01. The van der Waals surface area contributed by atoms with E-state index in [9.17, 15) is 21.6 Å². The van der Waals surface area contributed by atoms with Crippen molar-refractivity contribution in [3.8, 4) is 11.1 Å². The molecule has 3 nitrogen and oxygen atoms in total. The van der Waals surface area contributed by atoms with Gasteiger partial charge in [0.05, 0.1) is 17.0 Å². The molecule has 0 spiro atoms. The molecule has 0 saturated heterocycles. The van der Waals surface area contributed by atoms with Crippen LogP contribution < -0.4 is 0 Å². The fraction of sp³-hybridized carbons (Fsp3) is 0.188. The summed E-state index contributed by atoms with van der Waals surface area (Å²) < 4.78 is 63.3. The van der Waals surface area contributed by atoms with Crippen LogP contribution in [0, 0.1) is 0 Å². The van der Waals surface area contributed by atoms with Gasteiger partial charge in [0.2, 0.25) is 0 Å². The van der Waals surface area contributed by atoms with E-state index >= 15 is 0 Å². The minimum absolute atomic E-state index is 0.00169. The van der Waals surface area contributed by atoms with Gasteiger partial charge in [0.1, 0.15) is 0 Å². The van der Waals surface area contributed by atoms with Crippen LogP contribution in [0.4, 0.5) is 13.2 Å². The highest BCUT2D eigenvalue weighted by molar-refractivity contribution is 7.90. The maximum atomic E-state index is 13.1. The molecule has 0 N–H and O–H groups in total. The first-order valence-corrected chi connectivity index (χ1v) is 8.60. The van der Waals surface area contributed by atoms with Crippen molar-refractivity contribution in [2.24, 2.45) is 4.99 Å². The zero-order chi connectivity index (χ0) is 16.8. The lowest BCUT2D eigenvalue weighted by atomic mass is 9.94. The van der Waals surface area contributed by atoms with E-state index in [0.717, 1.165) is 18.4 Å². The van der Waals surface area contributed by atoms with Crippen molar-refractivity contribution in [2.45, 2.75) is 17.6 Å². The number of benzene rings is 2. The van der Waals surface area contributed by atoms with Gasteiger partial charge >= 0.3 is 6.18 Å². The molecule has 0 radical (unpaired) electrons. The molecule has 0 amide bonds. The van der Waals surface area contributed by atoms with Crippen molar-refractivity contribution in [3.05, 3.63) is 53.1 Å². The fourth-order valence-corrected chi connectivity index (χ4v) is 3.53. The van der Waals surface area contributed by atoms with Gasteiger partial charge in [-0.2, -0.15) is 13.2 Å². The Morgan fingerprint density at radius 1 is 1.09 bits per heavy atom. The van der Waals surface area contributed by atoms with Gasteiger partial charge in [0, 0.05) is 23.6 Å². The molecule has 0 atom stereocenters. The Labute approximate surface area is 131 Å². The van der Waals surface area contributed by atoms with Crippen molar-refractivity contribution >= 4 is 16.1 Å². The summed E-state index contributed by atoms with van der Waals surface area (Å²) in [5.74, 6) is 0. The monoisotopic (exact) mass is 339 g/mol. The molecular weight excluding hydrogens is 327 g/mol. The van der Waals surface area contributed by atoms with Gasteiger partial charge in [-0.15, -0.1) is 0 Å². The number of rotatable bonds is 2. The lowest BCUT2D eigenvalue weighted by molar-refractivity contribution is -0.137. The Balaban J connectivity index is 2.34. The Hall–Kier alpha value is -2.15. The summed E-state index contributed by atoms with van der Waals surface area (Å²) in [7, 11) is -3.57. The lowest BCUT2D eigenvalue weighted by Crippen LogP contribution is -2.08. The molecule has 1 heterocycles. The zero-order valence-corrected chi connectivity index (χ0v) is 12.9. The maximum absolute atomic E-state index is 13.1. The van der Waals surface area contributed by atoms with Gasteiger partial charge in [0.25, 0.3) is 0 Å². The van der Waals surface area contributed by atoms with Crippen LogP contribution in [0.5, 0.6) is 0 Å². The van der Waals surface area contributed by atoms with E-state index in [1.807, 2.05) is 0 Å². The summed E-state index contributed by atoms with van der Waals surface area (Å²) in [6.07, 6.45) is -1.98. The normalized spacial score (nSPS) is 14.1. The van der Waals surface area contributed by atoms with E-state index in [0.29, 0.717) is 11.1 Å². The molecule has 2 aromatic rings. The van der Waals surface area contributed by atoms with Crippen LogP contribution >= 0.6 is 0 Å². The minimum atomic E-state index is -4.51. The molecule has 120 valence electrons. The van der Waals surface area contributed by atoms with Crippen LogP contribution in [-0.2, 0) is 22.6 Å². The van der Waals surface area contributed by atoms with Crippen LogP contribution in [0.1, 0.15) is 16.7 Å². The number of hydrogen-bond donors (Lipinski definition) is 0. The summed E-state index contributed by atoms with van der Waals surface area (Å²) in [6, 6.07) is 8.10. The first-order valence-electron chi connectivity index (χ1n) is 6.71. The SMILES string of the molecule is CS(=O)(=O)c1ccccc1-c1cc(C(F)(F)F)cc2c1C=NC2. The van der Waals surface area contributed by atoms with Gasteiger partial charge in [-0.3, -0.25) is 4.99 Å². The predicted molar refractivity (Wildman–Crippen MR) is 81.3 cm³/mol. The van der Waals surface area contributed by atoms with Crippen molar-refractivity contribution in [3.63, 3.8) is 0 Å². The van der Waals surface area contributed by atoms with Crippen molar-refractivity contribution in [1.82, 2.24) is 0 Å². The van der Waals surface area contributed by atoms with Crippen LogP contribution in [0.2, 0.25) is 0 Å². The van der Waals surface area contributed by atoms with Gasteiger partial charge in [0.15, 0.2) is 9.84 Å². The van der Waals surface area contributed by atoms with Gasteiger partial charge < -0.3 is 0 Å². The van der Waals surface area contributed by atoms with Gasteiger partial charge in [-0.05, 0) is 29.3 Å². The number of nitrogens with zero attached hydrogens (tertiary/aromatic N) is 1. The number of sulfone groups is 1. The second-order valence-corrected chi connectivity index (χ2v) is 7.32. The molecular formula is C16H12F3NO2S. The van der Waals surface area contributed by atoms with Crippen LogP contribution in [0.15, 0.2) is 46.3 Å². The third-order valence-corrected chi connectivity index (χ3v) is 4.81. The minimum Gasteiger partial charge on any atom is -0.288 e. The molecule has 2 aromatic carbocycles. The van der Waals surface area contributed by atoms with Crippen molar-refractivity contribution < 1.29 is 21.6 Å². The Morgan fingerprint density at radius 3 is 2.43 bits per heavy atom. The van der Waals surface area contributed by atoms with Crippen molar-refractivity contribution in [2.75, 3.05) is 6.26 Å². The molecule has 0 bridgehead atoms. The average Bonchev–Trinajstić information content (AvgIpc) is 2.92. The second kappa shape index (κ2) is 5.19. The predicted octanol–water partition coefficient (Wildman–Crippen LogP) is 3.71. The van der Waals surface area contributed by atoms with E-state index in [1.54, 1.807) is 12.1 Å². The highest BCUT2D eigenvalue weighted by atomic mass is 32.2. The Kier molecular flexibility index (Phi) is 3.55. The molecule has 0 saturated carbocycles. The highest BCUT2D eigenvalue weighted by Crippen LogP contribution is 2.38. The third-order valence-electron chi connectivity index (χ3n) is 3.65. The molecule has 0 aromatic heterocycles. The van der Waals surface area contributed by atoms with E-state index < -0.39 is 21.6 Å². The smallest absolute Gasteiger partial charge is 0.288 e. The molecule has 1 aliphatic rings. The largest absolute Gasteiger partial charge is 0.416 e. The van der Waals surface area contributed by atoms with E-state index in [4.69, 9.17) is 0 Å². The van der Waals surface area contributed by atoms with Crippen molar-refractivity contribution in [1.29, 1.82) is 0 Å². The van der Waals surface area contributed by atoms with Crippen LogP contribution in [0.25, 0.3) is 11.1 Å². The topological polar surface area (TPSA) is 46.5 Å².